The van der Waals surface area contributed by atoms with E-state index in [0.29, 0.717) is 5.02 Å². The molecular weight excluding hydrogens is 265 g/mol. The van der Waals surface area contributed by atoms with Crippen molar-refractivity contribution in [2.24, 2.45) is 5.41 Å². The molecule has 0 radical (unpaired) electrons. The average Bonchev–Trinajstić information content (AvgIpc) is 2.37. The first-order valence-electron chi connectivity index (χ1n) is 6.54. The lowest BCUT2D eigenvalue weighted by molar-refractivity contribution is -0.0578. The van der Waals surface area contributed by atoms with Gasteiger partial charge in [0.1, 0.15) is 5.82 Å². The van der Waals surface area contributed by atoms with Gasteiger partial charge >= 0.3 is 0 Å². The fourth-order valence-corrected chi connectivity index (χ4v) is 3.94. The number of ether oxygens (including phenoxy) is 1. The number of hydrogen-bond donors (Lipinski definition) is 0. The Morgan fingerprint density at radius 2 is 1.95 bits per heavy atom. The monoisotopic (exact) mass is 279 g/mol. The first kappa shape index (κ1) is 12.9. The van der Waals surface area contributed by atoms with E-state index < -0.39 is 5.41 Å². The fourth-order valence-electron chi connectivity index (χ4n) is 3.59. The van der Waals surface area contributed by atoms with Gasteiger partial charge in [0.25, 0.3) is 0 Å². The molecule has 1 saturated carbocycles. The van der Waals surface area contributed by atoms with Crippen molar-refractivity contribution in [3.8, 4) is 6.07 Å². The molecule has 0 bridgehead atoms. The number of benzene rings is 1. The highest BCUT2D eigenvalue weighted by atomic mass is 35.5. The third-order valence-corrected chi connectivity index (χ3v) is 4.88. The third-order valence-electron chi connectivity index (χ3n) is 4.57. The van der Waals surface area contributed by atoms with Crippen LogP contribution in [-0.4, -0.2) is 13.2 Å². The van der Waals surface area contributed by atoms with Crippen LogP contribution in [0.4, 0.5) is 4.39 Å². The Balaban J connectivity index is 1.89. The maximum absolute atomic E-state index is 13.1. The lowest BCUT2D eigenvalue weighted by Gasteiger charge is -2.55. The Morgan fingerprint density at radius 1 is 1.26 bits per heavy atom. The normalized spacial score (nSPS) is 23.6. The van der Waals surface area contributed by atoms with Crippen molar-refractivity contribution in [1.82, 2.24) is 0 Å². The van der Waals surface area contributed by atoms with Crippen LogP contribution in [0, 0.1) is 22.6 Å². The fraction of sp³-hybridized carbons (Fsp3) is 0.533. The van der Waals surface area contributed by atoms with E-state index in [1.165, 1.54) is 12.1 Å². The van der Waals surface area contributed by atoms with E-state index in [2.05, 4.69) is 6.07 Å². The highest BCUT2D eigenvalue weighted by Gasteiger charge is 2.56. The summed E-state index contributed by atoms with van der Waals surface area (Å²) in [7, 11) is 0. The topological polar surface area (TPSA) is 33.0 Å². The van der Waals surface area contributed by atoms with Crippen LogP contribution in [-0.2, 0) is 10.2 Å². The minimum atomic E-state index is -0.540. The van der Waals surface area contributed by atoms with Crippen LogP contribution in [0.1, 0.15) is 31.2 Å². The minimum absolute atomic E-state index is 0.228. The second-order valence-electron chi connectivity index (χ2n) is 5.78. The zero-order chi connectivity index (χ0) is 13.5. The lowest BCUT2D eigenvalue weighted by atomic mass is 9.48. The van der Waals surface area contributed by atoms with Crippen LogP contribution in [0.2, 0.25) is 5.02 Å². The van der Waals surface area contributed by atoms with Crippen LogP contribution in [0.5, 0.6) is 0 Å². The molecule has 2 aliphatic rings. The molecule has 4 heteroatoms. The number of nitrogens with zero attached hydrogens (tertiary/aromatic N) is 1. The molecule has 1 aromatic rings. The van der Waals surface area contributed by atoms with Crippen molar-refractivity contribution in [2.75, 3.05) is 13.2 Å². The van der Waals surface area contributed by atoms with Crippen molar-refractivity contribution in [3.63, 3.8) is 0 Å². The second kappa shape index (κ2) is 4.47. The molecule has 3 rings (SSSR count). The predicted octanol–water partition coefficient (Wildman–Crippen LogP) is 3.83. The van der Waals surface area contributed by atoms with Gasteiger partial charge < -0.3 is 4.74 Å². The van der Waals surface area contributed by atoms with Crippen LogP contribution in [0.25, 0.3) is 0 Å². The van der Waals surface area contributed by atoms with Crippen molar-refractivity contribution in [2.45, 2.75) is 31.1 Å². The van der Waals surface area contributed by atoms with Gasteiger partial charge in [0.15, 0.2) is 0 Å². The van der Waals surface area contributed by atoms with Crippen LogP contribution in [0.3, 0.4) is 0 Å². The van der Waals surface area contributed by atoms with Gasteiger partial charge in [-0.15, -0.1) is 0 Å². The molecule has 1 spiro atoms. The molecule has 0 amide bonds. The molecule has 1 aliphatic heterocycles. The summed E-state index contributed by atoms with van der Waals surface area (Å²) in [5, 5.41) is 9.93. The minimum Gasteiger partial charge on any atom is -0.381 e. The quantitative estimate of drug-likeness (QED) is 0.783. The summed E-state index contributed by atoms with van der Waals surface area (Å²) in [6.07, 6.45) is 3.64. The number of halogens is 2. The molecular formula is C15H15ClFNO. The number of hydrogen-bond acceptors (Lipinski definition) is 2. The van der Waals surface area contributed by atoms with Crippen molar-refractivity contribution >= 4 is 11.6 Å². The Labute approximate surface area is 117 Å². The van der Waals surface area contributed by atoms with Crippen molar-refractivity contribution in [3.05, 3.63) is 34.6 Å². The van der Waals surface area contributed by atoms with Crippen LogP contribution in [0.15, 0.2) is 18.2 Å². The highest BCUT2D eigenvalue weighted by Crippen LogP contribution is 2.60. The van der Waals surface area contributed by atoms with Gasteiger partial charge in [0, 0.05) is 18.2 Å². The molecule has 0 N–H and O–H groups in total. The summed E-state index contributed by atoms with van der Waals surface area (Å²) in [4.78, 5) is 0. The summed E-state index contributed by atoms with van der Waals surface area (Å²) >= 11 is 6.12. The van der Waals surface area contributed by atoms with E-state index in [1.807, 2.05) is 0 Å². The second-order valence-corrected chi connectivity index (χ2v) is 6.19. The largest absolute Gasteiger partial charge is 0.381 e. The van der Waals surface area contributed by atoms with E-state index in [0.717, 1.165) is 44.5 Å². The van der Waals surface area contributed by atoms with Crippen molar-refractivity contribution < 1.29 is 9.13 Å². The van der Waals surface area contributed by atoms with Gasteiger partial charge in [-0.1, -0.05) is 17.7 Å². The number of nitriles is 1. The molecule has 19 heavy (non-hydrogen) atoms. The molecule has 0 atom stereocenters. The Kier molecular flexibility index (Phi) is 3.03. The Hall–Kier alpha value is -1.11. The molecule has 1 heterocycles. The van der Waals surface area contributed by atoms with E-state index in [-0.39, 0.29) is 11.2 Å². The molecule has 1 aliphatic carbocycles. The molecule has 0 unspecified atom stereocenters. The van der Waals surface area contributed by atoms with E-state index in [9.17, 15) is 9.65 Å². The Morgan fingerprint density at radius 3 is 2.53 bits per heavy atom. The van der Waals surface area contributed by atoms with Crippen LogP contribution >= 0.6 is 11.6 Å². The summed E-state index contributed by atoms with van der Waals surface area (Å²) in [5.41, 5.74) is 0.462. The smallest absolute Gasteiger partial charge is 0.124 e. The lowest BCUT2D eigenvalue weighted by Crippen LogP contribution is -2.51. The van der Waals surface area contributed by atoms with Gasteiger partial charge in [0.05, 0.1) is 11.5 Å². The van der Waals surface area contributed by atoms with E-state index >= 15 is 0 Å². The molecule has 100 valence electrons. The van der Waals surface area contributed by atoms with Crippen molar-refractivity contribution in [1.29, 1.82) is 5.26 Å². The summed E-state index contributed by atoms with van der Waals surface area (Å²) in [6, 6.07) is 6.76. The molecule has 2 fully saturated rings. The molecule has 0 aromatic heterocycles. The zero-order valence-corrected chi connectivity index (χ0v) is 11.3. The van der Waals surface area contributed by atoms with Gasteiger partial charge in [-0.2, -0.15) is 5.26 Å². The van der Waals surface area contributed by atoms with Gasteiger partial charge in [-0.05, 0) is 48.8 Å². The molecule has 1 saturated heterocycles. The van der Waals surface area contributed by atoms with Gasteiger partial charge in [0.2, 0.25) is 0 Å². The molecule has 2 nitrogen and oxygen atoms in total. The van der Waals surface area contributed by atoms with E-state index in [1.54, 1.807) is 6.07 Å². The Bertz CT molecular complexity index is 538. The maximum atomic E-state index is 13.1. The summed E-state index contributed by atoms with van der Waals surface area (Å²) in [5.74, 6) is -0.359. The predicted molar refractivity (Wildman–Crippen MR) is 70.4 cm³/mol. The maximum Gasteiger partial charge on any atom is 0.124 e. The highest BCUT2D eigenvalue weighted by molar-refractivity contribution is 6.31. The first-order valence-corrected chi connectivity index (χ1v) is 6.92. The number of rotatable bonds is 1. The van der Waals surface area contributed by atoms with Gasteiger partial charge in [-0.3, -0.25) is 0 Å². The van der Waals surface area contributed by atoms with Crippen LogP contribution < -0.4 is 0 Å². The summed E-state index contributed by atoms with van der Waals surface area (Å²) < 4.78 is 18.5. The molecule has 1 aromatic carbocycles. The average molecular weight is 280 g/mol. The van der Waals surface area contributed by atoms with E-state index in [4.69, 9.17) is 16.3 Å². The SMILES string of the molecule is N#CC1(c2ccc(F)cc2Cl)CC2(CCOCC2)C1. The summed E-state index contributed by atoms with van der Waals surface area (Å²) in [6.45, 7) is 1.55. The first-order chi connectivity index (χ1) is 9.09. The zero-order valence-electron chi connectivity index (χ0n) is 10.6. The third kappa shape index (κ3) is 2.04. The van der Waals surface area contributed by atoms with Gasteiger partial charge in [-0.25, -0.2) is 4.39 Å². The standard InChI is InChI=1S/C15H15ClFNO/c16-13-7-11(17)1-2-12(13)15(10-18)8-14(9-15)3-5-19-6-4-14/h1-2,7H,3-6,8-9H2.